The molecule has 0 bridgehead atoms. The van der Waals surface area contributed by atoms with E-state index in [4.69, 9.17) is 0 Å². The van der Waals surface area contributed by atoms with Gasteiger partial charge in [0.15, 0.2) is 5.16 Å². The van der Waals surface area contributed by atoms with Crippen LogP contribution in [0.25, 0.3) is 11.0 Å². The lowest BCUT2D eigenvalue weighted by molar-refractivity contribution is -0.119. The first kappa shape index (κ1) is 13.4. The molecule has 0 saturated carbocycles. The van der Waals surface area contributed by atoms with Gasteiger partial charge in [-0.25, -0.2) is 9.78 Å². The van der Waals surface area contributed by atoms with Gasteiger partial charge in [0.25, 0.3) is 0 Å². The molecule has 0 radical (unpaired) electrons. The number of fused-ring (bicyclic) bond motifs is 1. The second-order valence-electron chi connectivity index (χ2n) is 3.89. The second-order valence-corrected chi connectivity index (χ2v) is 5.22. The molecule has 19 heavy (non-hydrogen) atoms. The van der Waals surface area contributed by atoms with Crippen LogP contribution in [0.5, 0.6) is 0 Å². The van der Waals surface area contributed by atoms with Crippen molar-refractivity contribution in [1.82, 2.24) is 20.6 Å². The Balaban J connectivity index is 2.03. The summed E-state index contributed by atoms with van der Waals surface area (Å²) in [4.78, 5) is 30.2. The van der Waals surface area contributed by atoms with Crippen molar-refractivity contribution in [2.75, 3.05) is 7.05 Å². The summed E-state index contributed by atoms with van der Waals surface area (Å²) in [6, 6.07) is 7.12. The van der Waals surface area contributed by atoms with Gasteiger partial charge in [-0.15, -0.1) is 0 Å². The molecular weight excluding hydrogens is 264 g/mol. The van der Waals surface area contributed by atoms with Gasteiger partial charge in [0.2, 0.25) is 5.91 Å². The van der Waals surface area contributed by atoms with E-state index < -0.39 is 11.3 Å². The minimum Gasteiger partial charge on any atom is -0.341 e. The predicted molar refractivity (Wildman–Crippen MR) is 74.0 cm³/mol. The van der Waals surface area contributed by atoms with E-state index in [2.05, 4.69) is 20.6 Å². The van der Waals surface area contributed by atoms with Gasteiger partial charge in [-0.3, -0.25) is 10.1 Å². The normalized spacial score (nSPS) is 12.1. The number of rotatable bonds is 3. The topological polar surface area (TPSA) is 86.9 Å². The fraction of sp³-hybridized carbons (Fsp3) is 0.250. The van der Waals surface area contributed by atoms with Crippen LogP contribution in [-0.2, 0) is 4.79 Å². The van der Waals surface area contributed by atoms with Crippen LogP contribution in [0, 0.1) is 0 Å². The van der Waals surface area contributed by atoms with Crippen LogP contribution in [-0.4, -0.2) is 34.2 Å². The van der Waals surface area contributed by atoms with Gasteiger partial charge in [-0.05, 0) is 19.1 Å². The molecule has 3 N–H and O–H groups in total. The number of para-hydroxylation sites is 2. The average Bonchev–Trinajstić information content (AvgIpc) is 2.80. The van der Waals surface area contributed by atoms with E-state index in [1.165, 1.54) is 18.8 Å². The second kappa shape index (κ2) is 5.75. The minimum atomic E-state index is -0.512. The maximum atomic E-state index is 11.7. The number of benzene rings is 1. The van der Waals surface area contributed by atoms with E-state index in [0.717, 1.165) is 11.0 Å². The summed E-state index contributed by atoms with van der Waals surface area (Å²) in [6.45, 7) is 1.72. The fourth-order valence-corrected chi connectivity index (χ4v) is 2.30. The number of carbonyl (C=O) groups excluding carboxylic acids is 2. The maximum absolute atomic E-state index is 11.7. The number of aromatic amines is 1. The van der Waals surface area contributed by atoms with Gasteiger partial charge >= 0.3 is 6.03 Å². The lowest BCUT2D eigenvalue weighted by atomic mass is 10.3. The van der Waals surface area contributed by atoms with Crippen LogP contribution in [0.3, 0.4) is 0 Å². The van der Waals surface area contributed by atoms with Crippen molar-refractivity contribution in [3.8, 4) is 0 Å². The molecule has 2 rings (SSSR count). The van der Waals surface area contributed by atoms with Gasteiger partial charge in [0, 0.05) is 7.05 Å². The first-order valence-corrected chi connectivity index (χ1v) is 6.62. The highest BCUT2D eigenvalue weighted by Crippen LogP contribution is 2.23. The lowest BCUT2D eigenvalue weighted by Crippen LogP contribution is -2.41. The zero-order valence-corrected chi connectivity index (χ0v) is 11.4. The van der Waals surface area contributed by atoms with Crippen LogP contribution in [0.4, 0.5) is 4.79 Å². The molecule has 1 atom stereocenters. The van der Waals surface area contributed by atoms with E-state index in [0.29, 0.717) is 5.16 Å². The summed E-state index contributed by atoms with van der Waals surface area (Å²) in [5.41, 5.74) is 1.77. The molecule has 3 amide bonds. The van der Waals surface area contributed by atoms with Crippen LogP contribution < -0.4 is 10.6 Å². The number of carbonyl (C=O) groups is 2. The Labute approximate surface area is 114 Å². The number of hydrogen-bond donors (Lipinski definition) is 3. The highest BCUT2D eigenvalue weighted by atomic mass is 32.2. The lowest BCUT2D eigenvalue weighted by Gasteiger charge is -2.08. The van der Waals surface area contributed by atoms with Crippen molar-refractivity contribution in [1.29, 1.82) is 0 Å². The van der Waals surface area contributed by atoms with E-state index in [1.807, 2.05) is 24.3 Å². The molecule has 0 fully saturated rings. The minimum absolute atomic E-state index is 0.357. The number of nitrogens with one attached hydrogen (secondary N) is 3. The van der Waals surface area contributed by atoms with Gasteiger partial charge < -0.3 is 10.3 Å². The summed E-state index contributed by atoms with van der Waals surface area (Å²) in [5.74, 6) is -0.357. The number of hydrogen-bond acceptors (Lipinski definition) is 4. The van der Waals surface area contributed by atoms with Gasteiger partial charge in [0.1, 0.15) is 0 Å². The molecule has 6 nitrogen and oxygen atoms in total. The molecular formula is C12H14N4O2S. The number of nitrogens with zero attached hydrogens (tertiary/aromatic N) is 1. The molecule has 1 aromatic heterocycles. The first-order chi connectivity index (χ1) is 9.10. The van der Waals surface area contributed by atoms with Crippen molar-refractivity contribution >= 4 is 34.7 Å². The highest BCUT2D eigenvalue weighted by molar-refractivity contribution is 8.00. The van der Waals surface area contributed by atoms with Crippen LogP contribution in [0.15, 0.2) is 29.4 Å². The number of imidazole rings is 1. The van der Waals surface area contributed by atoms with Gasteiger partial charge in [-0.1, -0.05) is 23.9 Å². The Hall–Kier alpha value is -2.02. The van der Waals surface area contributed by atoms with E-state index in [9.17, 15) is 9.59 Å². The Morgan fingerprint density at radius 2 is 2.11 bits per heavy atom. The Morgan fingerprint density at radius 1 is 1.37 bits per heavy atom. The van der Waals surface area contributed by atoms with E-state index in [-0.39, 0.29) is 5.91 Å². The quantitative estimate of drug-likeness (QED) is 0.743. The molecule has 100 valence electrons. The van der Waals surface area contributed by atoms with Crippen LogP contribution >= 0.6 is 11.8 Å². The number of H-pyrrole nitrogens is 1. The molecule has 7 heteroatoms. The Bertz CT molecular complexity index is 578. The predicted octanol–water partition coefficient (Wildman–Crippen LogP) is 1.50. The van der Waals surface area contributed by atoms with Gasteiger partial charge in [0.05, 0.1) is 16.3 Å². The number of imide groups is 1. The molecule has 0 spiro atoms. The third-order valence-corrected chi connectivity index (χ3v) is 3.47. The number of amides is 3. The summed E-state index contributed by atoms with van der Waals surface area (Å²) in [5, 5.41) is 4.80. The summed E-state index contributed by atoms with van der Waals surface area (Å²) in [7, 11) is 1.46. The highest BCUT2D eigenvalue weighted by Gasteiger charge is 2.18. The number of urea groups is 1. The molecule has 0 aliphatic heterocycles. The van der Waals surface area contributed by atoms with Crippen molar-refractivity contribution in [3.05, 3.63) is 24.3 Å². The van der Waals surface area contributed by atoms with E-state index >= 15 is 0 Å². The number of aromatic nitrogens is 2. The Kier molecular flexibility index (Phi) is 4.06. The molecule has 0 saturated heterocycles. The zero-order valence-electron chi connectivity index (χ0n) is 10.6. The third-order valence-electron chi connectivity index (χ3n) is 2.49. The zero-order chi connectivity index (χ0) is 13.8. The van der Waals surface area contributed by atoms with Crippen molar-refractivity contribution in [2.45, 2.75) is 17.3 Å². The fourth-order valence-electron chi connectivity index (χ4n) is 1.48. The monoisotopic (exact) mass is 278 g/mol. The third kappa shape index (κ3) is 3.25. The maximum Gasteiger partial charge on any atom is 0.321 e. The molecule has 0 aliphatic carbocycles. The van der Waals surface area contributed by atoms with Crippen LogP contribution in [0.2, 0.25) is 0 Å². The van der Waals surface area contributed by atoms with Crippen molar-refractivity contribution in [3.63, 3.8) is 0 Å². The summed E-state index contributed by atoms with van der Waals surface area (Å²) < 4.78 is 0. The summed E-state index contributed by atoms with van der Waals surface area (Å²) >= 11 is 1.27. The largest absolute Gasteiger partial charge is 0.341 e. The smallest absolute Gasteiger partial charge is 0.321 e. The van der Waals surface area contributed by atoms with Crippen molar-refractivity contribution < 1.29 is 9.59 Å². The molecule has 1 aromatic carbocycles. The molecule has 2 aromatic rings. The van der Waals surface area contributed by atoms with Crippen LogP contribution in [0.1, 0.15) is 6.92 Å². The first-order valence-electron chi connectivity index (χ1n) is 5.74. The Morgan fingerprint density at radius 3 is 2.79 bits per heavy atom. The van der Waals surface area contributed by atoms with Crippen molar-refractivity contribution in [2.24, 2.45) is 0 Å². The molecule has 1 heterocycles. The standard InChI is InChI=1S/C12H14N4O2S/c1-7(10(17)16-11(18)13-2)19-12-14-8-5-3-4-6-9(8)15-12/h3-7H,1-2H3,(H,14,15)(H2,13,16,17,18)/t7-/m1/s1. The summed E-state index contributed by atoms with van der Waals surface area (Å²) in [6.07, 6.45) is 0. The average molecular weight is 278 g/mol. The van der Waals surface area contributed by atoms with E-state index in [1.54, 1.807) is 6.92 Å². The molecule has 0 aliphatic rings. The molecule has 0 unspecified atom stereocenters. The van der Waals surface area contributed by atoms with Gasteiger partial charge in [-0.2, -0.15) is 0 Å². The number of thioether (sulfide) groups is 1. The SMILES string of the molecule is CNC(=O)NC(=O)[C@@H](C)Sc1nc2ccccc2[nH]1.